The summed E-state index contributed by atoms with van der Waals surface area (Å²) in [5, 5.41) is 3.35. The van der Waals surface area contributed by atoms with Crippen molar-refractivity contribution in [2.75, 3.05) is 5.73 Å². The first-order valence-electron chi connectivity index (χ1n) is 4.94. The molecule has 1 saturated carbocycles. The third-order valence-electron chi connectivity index (χ3n) is 2.66. The van der Waals surface area contributed by atoms with Crippen molar-refractivity contribution in [1.29, 1.82) is 0 Å². The van der Waals surface area contributed by atoms with Crippen molar-refractivity contribution in [3.05, 3.63) is 28.8 Å². The maximum atomic E-state index is 11.8. The van der Waals surface area contributed by atoms with Crippen molar-refractivity contribution in [3.63, 3.8) is 0 Å². The molecule has 0 radical (unpaired) electrons. The summed E-state index contributed by atoms with van der Waals surface area (Å²) < 4.78 is 0. The lowest BCUT2D eigenvalue weighted by atomic mass is 10.2. The number of nitrogens with two attached hydrogens (primary N) is 1. The maximum absolute atomic E-state index is 11.8. The van der Waals surface area contributed by atoms with Crippen LogP contribution in [-0.4, -0.2) is 11.9 Å². The molecule has 2 unspecified atom stereocenters. The molecular weight excluding hydrogens is 212 g/mol. The van der Waals surface area contributed by atoms with Gasteiger partial charge in [-0.1, -0.05) is 18.5 Å². The molecule has 2 atom stereocenters. The SMILES string of the molecule is CC1CC1NC(=O)c1cc(N)ccc1Cl. The average Bonchev–Trinajstić information content (AvgIpc) is 2.86. The van der Waals surface area contributed by atoms with Gasteiger partial charge in [-0.2, -0.15) is 0 Å². The van der Waals surface area contributed by atoms with E-state index in [0.29, 0.717) is 28.2 Å². The van der Waals surface area contributed by atoms with E-state index in [1.54, 1.807) is 18.2 Å². The molecule has 1 aromatic carbocycles. The zero-order valence-electron chi connectivity index (χ0n) is 8.46. The van der Waals surface area contributed by atoms with Gasteiger partial charge < -0.3 is 11.1 Å². The summed E-state index contributed by atoms with van der Waals surface area (Å²) in [4.78, 5) is 11.8. The summed E-state index contributed by atoms with van der Waals surface area (Å²) in [6, 6.07) is 5.22. The lowest BCUT2D eigenvalue weighted by Crippen LogP contribution is -2.26. The van der Waals surface area contributed by atoms with Crippen LogP contribution in [0.5, 0.6) is 0 Å². The van der Waals surface area contributed by atoms with E-state index in [-0.39, 0.29) is 5.91 Å². The molecular formula is C11H13ClN2O. The van der Waals surface area contributed by atoms with Gasteiger partial charge in [-0.3, -0.25) is 4.79 Å². The summed E-state index contributed by atoms with van der Waals surface area (Å²) >= 11 is 5.91. The highest BCUT2D eigenvalue weighted by atomic mass is 35.5. The van der Waals surface area contributed by atoms with Crippen LogP contribution >= 0.6 is 11.6 Å². The van der Waals surface area contributed by atoms with E-state index < -0.39 is 0 Å². The number of nitrogen functional groups attached to an aromatic ring is 1. The second-order valence-corrected chi connectivity index (χ2v) is 4.44. The lowest BCUT2D eigenvalue weighted by molar-refractivity contribution is 0.0949. The molecule has 0 spiro atoms. The number of hydrogen-bond acceptors (Lipinski definition) is 2. The van der Waals surface area contributed by atoms with Gasteiger partial charge in [0.1, 0.15) is 0 Å². The fourth-order valence-corrected chi connectivity index (χ4v) is 1.69. The zero-order chi connectivity index (χ0) is 11.0. The molecule has 4 heteroatoms. The van der Waals surface area contributed by atoms with Crippen LogP contribution in [0.1, 0.15) is 23.7 Å². The van der Waals surface area contributed by atoms with Crippen LogP contribution in [0.15, 0.2) is 18.2 Å². The number of hydrogen-bond donors (Lipinski definition) is 2. The molecule has 3 N–H and O–H groups in total. The minimum Gasteiger partial charge on any atom is -0.399 e. The van der Waals surface area contributed by atoms with Crippen LogP contribution in [0.3, 0.4) is 0 Å². The highest BCUT2D eigenvalue weighted by Gasteiger charge is 2.34. The Labute approximate surface area is 93.6 Å². The van der Waals surface area contributed by atoms with Gasteiger partial charge >= 0.3 is 0 Å². The van der Waals surface area contributed by atoms with E-state index in [4.69, 9.17) is 17.3 Å². The summed E-state index contributed by atoms with van der Waals surface area (Å²) in [5.74, 6) is 0.440. The van der Waals surface area contributed by atoms with Crippen LogP contribution in [-0.2, 0) is 0 Å². The van der Waals surface area contributed by atoms with Crippen LogP contribution in [0.4, 0.5) is 5.69 Å². The molecule has 0 aliphatic heterocycles. The molecule has 0 heterocycles. The predicted molar refractivity (Wildman–Crippen MR) is 60.9 cm³/mol. The van der Waals surface area contributed by atoms with E-state index in [9.17, 15) is 4.79 Å². The van der Waals surface area contributed by atoms with Gasteiger partial charge in [0.25, 0.3) is 5.91 Å². The third kappa shape index (κ3) is 2.23. The lowest BCUT2D eigenvalue weighted by Gasteiger charge is -2.06. The minimum atomic E-state index is -0.137. The molecule has 0 bridgehead atoms. The first-order valence-corrected chi connectivity index (χ1v) is 5.31. The second-order valence-electron chi connectivity index (χ2n) is 4.03. The van der Waals surface area contributed by atoms with E-state index in [1.807, 2.05) is 0 Å². The Kier molecular flexibility index (Phi) is 2.57. The highest BCUT2D eigenvalue weighted by Crippen LogP contribution is 2.30. The van der Waals surface area contributed by atoms with Crippen molar-refractivity contribution < 1.29 is 4.79 Å². The standard InChI is InChI=1S/C11H13ClN2O/c1-6-4-10(6)14-11(15)8-5-7(13)2-3-9(8)12/h2-3,5-6,10H,4,13H2,1H3,(H,14,15). The molecule has 0 saturated heterocycles. The van der Waals surface area contributed by atoms with Crippen LogP contribution < -0.4 is 11.1 Å². The third-order valence-corrected chi connectivity index (χ3v) is 2.99. The Morgan fingerprint density at radius 2 is 2.27 bits per heavy atom. The van der Waals surface area contributed by atoms with Crippen molar-refractivity contribution in [2.45, 2.75) is 19.4 Å². The number of benzene rings is 1. The van der Waals surface area contributed by atoms with E-state index in [2.05, 4.69) is 12.2 Å². The van der Waals surface area contributed by atoms with Crippen molar-refractivity contribution in [3.8, 4) is 0 Å². The zero-order valence-corrected chi connectivity index (χ0v) is 9.21. The second kappa shape index (κ2) is 3.74. The van der Waals surface area contributed by atoms with Crippen molar-refractivity contribution in [1.82, 2.24) is 5.32 Å². The van der Waals surface area contributed by atoms with Gasteiger partial charge in [0.2, 0.25) is 0 Å². The first kappa shape index (κ1) is 10.3. The Bertz CT molecular complexity index is 406. The number of anilines is 1. The Morgan fingerprint density at radius 3 is 2.87 bits per heavy atom. The number of nitrogens with one attached hydrogen (secondary N) is 1. The molecule has 3 nitrogen and oxygen atoms in total. The van der Waals surface area contributed by atoms with E-state index >= 15 is 0 Å². The Balaban J connectivity index is 2.14. The summed E-state index contributed by atoms with van der Waals surface area (Å²) in [5.41, 5.74) is 6.60. The van der Waals surface area contributed by atoms with E-state index in [0.717, 1.165) is 6.42 Å². The molecule has 2 rings (SSSR count). The average molecular weight is 225 g/mol. The van der Waals surface area contributed by atoms with Gasteiger partial charge in [-0.15, -0.1) is 0 Å². The van der Waals surface area contributed by atoms with Crippen LogP contribution in [0.25, 0.3) is 0 Å². The first-order chi connectivity index (χ1) is 7.08. The molecule has 80 valence electrons. The molecule has 15 heavy (non-hydrogen) atoms. The number of carbonyl (C=O) groups excluding carboxylic acids is 1. The molecule has 0 aromatic heterocycles. The molecule has 1 aromatic rings. The molecule has 1 aliphatic carbocycles. The summed E-state index contributed by atoms with van der Waals surface area (Å²) in [7, 11) is 0. The monoisotopic (exact) mass is 224 g/mol. The largest absolute Gasteiger partial charge is 0.399 e. The normalized spacial score (nSPS) is 23.6. The van der Waals surface area contributed by atoms with Crippen LogP contribution in [0, 0.1) is 5.92 Å². The molecule has 1 amide bonds. The Hall–Kier alpha value is -1.22. The van der Waals surface area contributed by atoms with Crippen LogP contribution in [0.2, 0.25) is 5.02 Å². The van der Waals surface area contributed by atoms with E-state index in [1.165, 1.54) is 0 Å². The highest BCUT2D eigenvalue weighted by molar-refractivity contribution is 6.34. The van der Waals surface area contributed by atoms with Crippen molar-refractivity contribution in [2.24, 2.45) is 5.92 Å². The number of carbonyl (C=O) groups is 1. The fraction of sp³-hybridized carbons (Fsp3) is 0.364. The summed E-state index contributed by atoms with van der Waals surface area (Å²) in [6.07, 6.45) is 1.05. The maximum Gasteiger partial charge on any atom is 0.253 e. The fourth-order valence-electron chi connectivity index (χ4n) is 1.49. The van der Waals surface area contributed by atoms with Gasteiger partial charge in [0.15, 0.2) is 0 Å². The number of rotatable bonds is 2. The number of halogens is 1. The molecule has 1 fully saturated rings. The topological polar surface area (TPSA) is 55.1 Å². The predicted octanol–water partition coefficient (Wildman–Crippen LogP) is 2.06. The van der Waals surface area contributed by atoms with Gasteiger partial charge in [-0.25, -0.2) is 0 Å². The number of amides is 1. The Morgan fingerprint density at radius 1 is 1.60 bits per heavy atom. The summed E-state index contributed by atoms with van der Waals surface area (Å²) in [6.45, 7) is 2.10. The van der Waals surface area contributed by atoms with Gasteiger partial charge in [0.05, 0.1) is 10.6 Å². The van der Waals surface area contributed by atoms with Crippen molar-refractivity contribution >= 4 is 23.2 Å². The molecule has 1 aliphatic rings. The minimum absolute atomic E-state index is 0.137. The smallest absolute Gasteiger partial charge is 0.253 e. The van der Waals surface area contributed by atoms with Gasteiger partial charge in [-0.05, 0) is 30.5 Å². The van der Waals surface area contributed by atoms with Gasteiger partial charge in [0, 0.05) is 11.7 Å². The quantitative estimate of drug-likeness (QED) is 0.756.